The van der Waals surface area contributed by atoms with Gasteiger partial charge in [-0.3, -0.25) is 0 Å². The number of benzene rings is 3. The molecule has 0 radical (unpaired) electrons. The molecule has 1 amide bonds. The number of para-hydroxylation sites is 1. The summed E-state index contributed by atoms with van der Waals surface area (Å²) < 4.78 is 5.52. The molecule has 5 rings (SSSR count). The van der Waals surface area contributed by atoms with E-state index in [9.17, 15) is 14.7 Å². The van der Waals surface area contributed by atoms with E-state index in [1.54, 1.807) is 6.20 Å². The number of hydrogen-bond acceptors (Lipinski definition) is 3. The number of aromatic nitrogens is 1. The monoisotopic (exact) mass is 440 g/mol. The van der Waals surface area contributed by atoms with Crippen LogP contribution in [0.3, 0.4) is 0 Å². The number of carbonyl (C=O) groups excluding carboxylic acids is 1. The van der Waals surface area contributed by atoms with Crippen LogP contribution in [0, 0.1) is 6.92 Å². The van der Waals surface area contributed by atoms with Crippen LogP contribution < -0.4 is 5.32 Å². The smallest absolute Gasteiger partial charge is 0.407 e. The number of ether oxygens (including phenoxy) is 1. The predicted molar refractivity (Wildman–Crippen MR) is 126 cm³/mol. The van der Waals surface area contributed by atoms with Crippen LogP contribution in [0.2, 0.25) is 0 Å². The lowest BCUT2D eigenvalue weighted by atomic mass is 9.98. The van der Waals surface area contributed by atoms with Crippen molar-refractivity contribution in [1.82, 2.24) is 10.3 Å². The molecule has 33 heavy (non-hydrogen) atoms. The van der Waals surface area contributed by atoms with Crippen LogP contribution in [-0.2, 0) is 16.0 Å². The van der Waals surface area contributed by atoms with Gasteiger partial charge in [-0.15, -0.1) is 0 Å². The lowest BCUT2D eigenvalue weighted by molar-refractivity contribution is -0.139. The zero-order valence-electron chi connectivity index (χ0n) is 18.2. The van der Waals surface area contributed by atoms with Crippen molar-refractivity contribution in [3.05, 3.63) is 95.2 Å². The number of hydrogen-bond donors (Lipinski definition) is 3. The van der Waals surface area contributed by atoms with E-state index in [0.717, 1.165) is 44.3 Å². The molecular formula is C27H24N2O4. The van der Waals surface area contributed by atoms with E-state index < -0.39 is 18.1 Å². The summed E-state index contributed by atoms with van der Waals surface area (Å²) in [6.45, 7) is 2.13. The van der Waals surface area contributed by atoms with E-state index >= 15 is 0 Å². The van der Waals surface area contributed by atoms with Crippen LogP contribution in [0.15, 0.2) is 72.9 Å². The maximum absolute atomic E-state index is 12.6. The van der Waals surface area contributed by atoms with Crippen molar-refractivity contribution < 1.29 is 19.4 Å². The molecule has 3 N–H and O–H groups in total. The fourth-order valence-corrected chi connectivity index (χ4v) is 4.74. The first-order valence-corrected chi connectivity index (χ1v) is 10.9. The van der Waals surface area contributed by atoms with E-state index in [2.05, 4.69) is 22.4 Å². The summed E-state index contributed by atoms with van der Waals surface area (Å²) in [5.41, 5.74) is 7.37. The van der Waals surface area contributed by atoms with E-state index in [1.165, 1.54) is 0 Å². The van der Waals surface area contributed by atoms with Gasteiger partial charge in [0.15, 0.2) is 0 Å². The number of nitrogens with one attached hydrogen (secondary N) is 2. The zero-order chi connectivity index (χ0) is 22.9. The fraction of sp³-hybridized carbons (Fsp3) is 0.185. The predicted octanol–water partition coefficient (Wildman–Crippen LogP) is 5.01. The van der Waals surface area contributed by atoms with Crippen LogP contribution in [0.25, 0.3) is 22.0 Å². The first-order chi connectivity index (χ1) is 16.0. The molecule has 1 aromatic heterocycles. The third-order valence-electron chi connectivity index (χ3n) is 6.37. The van der Waals surface area contributed by atoms with E-state index in [0.29, 0.717) is 0 Å². The van der Waals surface area contributed by atoms with Gasteiger partial charge in [0.2, 0.25) is 0 Å². The molecule has 0 saturated heterocycles. The largest absolute Gasteiger partial charge is 0.480 e. The van der Waals surface area contributed by atoms with Gasteiger partial charge in [-0.1, -0.05) is 66.7 Å². The number of carboxylic acids is 1. The lowest BCUT2D eigenvalue weighted by Crippen LogP contribution is -2.42. The van der Waals surface area contributed by atoms with Crippen LogP contribution in [-0.4, -0.2) is 34.8 Å². The van der Waals surface area contributed by atoms with Gasteiger partial charge in [-0.05, 0) is 40.3 Å². The SMILES string of the molecule is Cc1cccc2c(CC(NC(=O)OCC3c4ccccc4-c4ccccc43)C(=O)O)c[nH]c12. The van der Waals surface area contributed by atoms with E-state index in [1.807, 2.05) is 61.5 Å². The second kappa shape index (κ2) is 8.47. The van der Waals surface area contributed by atoms with Gasteiger partial charge in [-0.2, -0.15) is 0 Å². The summed E-state index contributed by atoms with van der Waals surface area (Å²) in [6.07, 6.45) is 1.22. The molecule has 0 saturated carbocycles. The first-order valence-electron chi connectivity index (χ1n) is 10.9. The molecule has 0 spiro atoms. The van der Waals surface area contributed by atoms with E-state index in [-0.39, 0.29) is 18.9 Å². The highest BCUT2D eigenvalue weighted by Gasteiger charge is 2.30. The van der Waals surface area contributed by atoms with Gasteiger partial charge < -0.3 is 20.1 Å². The second-order valence-electron chi connectivity index (χ2n) is 8.38. The molecule has 1 heterocycles. The van der Waals surface area contributed by atoms with Crippen molar-refractivity contribution in [3.8, 4) is 11.1 Å². The van der Waals surface area contributed by atoms with Crippen LogP contribution >= 0.6 is 0 Å². The minimum atomic E-state index is -1.11. The maximum atomic E-state index is 12.6. The Kier molecular flexibility index (Phi) is 5.34. The third-order valence-corrected chi connectivity index (χ3v) is 6.37. The number of aromatic amines is 1. The van der Waals surface area contributed by atoms with Crippen LogP contribution in [0.4, 0.5) is 4.79 Å². The number of aliphatic carboxylic acids is 1. The number of fused-ring (bicyclic) bond motifs is 4. The normalized spacial score (nSPS) is 13.4. The van der Waals surface area contributed by atoms with Crippen LogP contribution in [0.1, 0.15) is 28.2 Å². The third kappa shape index (κ3) is 3.84. The summed E-state index contributed by atoms with van der Waals surface area (Å²) in [5.74, 6) is -1.19. The first kappa shape index (κ1) is 20.8. The van der Waals surface area contributed by atoms with Gasteiger partial charge in [0.25, 0.3) is 0 Å². The number of H-pyrrole nitrogens is 1. The highest BCUT2D eigenvalue weighted by atomic mass is 16.5. The average molecular weight is 440 g/mol. The molecule has 0 bridgehead atoms. The van der Waals surface area contributed by atoms with Gasteiger partial charge >= 0.3 is 12.1 Å². The van der Waals surface area contributed by atoms with Crippen molar-refractivity contribution in [2.75, 3.05) is 6.61 Å². The Morgan fingerprint density at radius 3 is 2.33 bits per heavy atom. The molecule has 166 valence electrons. The summed E-state index contributed by atoms with van der Waals surface area (Å²) >= 11 is 0. The molecule has 0 fully saturated rings. The maximum Gasteiger partial charge on any atom is 0.407 e. The number of carboxylic acid groups (broad SMARTS) is 1. The molecule has 1 aliphatic rings. The Bertz CT molecular complexity index is 1310. The summed E-state index contributed by atoms with van der Waals surface area (Å²) in [7, 11) is 0. The van der Waals surface area contributed by atoms with Crippen molar-refractivity contribution in [3.63, 3.8) is 0 Å². The molecule has 3 aromatic carbocycles. The minimum absolute atomic E-state index is 0.0805. The molecule has 1 atom stereocenters. The molecular weight excluding hydrogens is 416 g/mol. The van der Waals surface area contributed by atoms with Gasteiger partial charge in [-0.25, -0.2) is 9.59 Å². The van der Waals surface area contributed by atoms with Gasteiger partial charge in [0, 0.05) is 29.4 Å². The standard InChI is InChI=1S/C27H24N2O4/c1-16-7-6-12-18-17(14-28-25(16)18)13-24(26(30)31)29-27(32)33-15-23-21-10-4-2-8-19(21)20-9-3-5-11-22(20)23/h2-12,14,23-24,28H,13,15H2,1H3,(H,29,32)(H,30,31). The number of alkyl carbamates (subject to hydrolysis) is 1. The Hall–Kier alpha value is -4.06. The molecule has 1 aliphatic carbocycles. The zero-order valence-corrected chi connectivity index (χ0v) is 18.2. The highest BCUT2D eigenvalue weighted by molar-refractivity contribution is 5.87. The Morgan fingerprint density at radius 2 is 1.67 bits per heavy atom. The van der Waals surface area contributed by atoms with Gasteiger partial charge in [0.1, 0.15) is 12.6 Å². The minimum Gasteiger partial charge on any atom is -0.480 e. The lowest BCUT2D eigenvalue weighted by Gasteiger charge is -2.17. The Labute approximate surface area is 191 Å². The van der Waals surface area contributed by atoms with Gasteiger partial charge in [0.05, 0.1) is 0 Å². The molecule has 6 heteroatoms. The Balaban J connectivity index is 1.29. The van der Waals surface area contributed by atoms with E-state index in [4.69, 9.17) is 4.74 Å². The van der Waals surface area contributed by atoms with Crippen LogP contribution in [0.5, 0.6) is 0 Å². The molecule has 0 aliphatic heterocycles. The summed E-state index contributed by atoms with van der Waals surface area (Å²) in [6, 6.07) is 20.9. The average Bonchev–Trinajstić information content (AvgIpc) is 3.37. The molecule has 6 nitrogen and oxygen atoms in total. The summed E-state index contributed by atoms with van der Waals surface area (Å²) in [5, 5.41) is 13.2. The highest BCUT2D eigenvalue weighted by Crippen LogP contribution is 2.44. The van der Waals surface area contributed by atoms with Crippen molar-refractivity contribution in [2.45, 2.75) is 25.3 Å². The molecule has 4 aromatic rings. The van der Waals surface area contributed by atoms with Crippen molar-refractivity contribution >= 4 is 23.0 Å². The number of aryl methyl sites for hydroxylation is 1. The topological polar surface area (TPSA) is 91.4 Å². The molecule has 1 unspecified atom stereocenters. The number of amides is 1. The fourth-order valence-electron chi connectivity index (χ4n) is 4.74. The van der Waals surface area contributed by atoms with Crippen molar-refractivity contribution in [2.24, 2.45) is 0 Å². The van der Waals surface area contributed by atoms with Crippen molar-refractivity contribution in [1.29, 1.82) is 0 Å². The second-order valence-corrected chi connectivity index (χ2v) is 8.38. The Morgan fingerprint density at radius 1 is 1.00 bits per heavy atom. The quantitative estimate of drug-likeness (QED) is 0.393. The number of carbonyl (C=O) groups is 2. The number of rotatable bonds is 6. The summed E-state index contributed by atoms with van der Waals surface area (Å²) in [4.78, 5) is 27.7.